The Kier molecular flexibility index (Phi) is 6.55. The van der Waals surface area contributed by atoms with Gasteiger partial charge in [-0.25, -0.2) is 0 Å². The molecule has 0 radical (unpaired) electrons. The van der Waals surface area contributed by atoms with Crippen molar-refractivity contribution in [2.24, 2.45) is 0 Å². The molecule has 4 rings (SSSR count). The van der Waals surface area contributed by atoms with Crippen LogP contribution in [-0.4, -0.2) is 25.5 Å². The van der Waals surface area contributed by atoms with Gasteiger partial charge in [-0.15, -0.1) is 0 Å². The smallest absolute Gasteiger partial charge is 0.256 e. The van der Waals surface area contributed by atoms with Crippen LogP contribution in [0.4, 0.5) is 5.82 Å². The zero-order valence-corrected chi connectivity index (χ0v) is 19.7. The van der Waals surface area contributed by atoms with E-state index in [1.165, 1.54) is 0 Å². The van der Waals surface area contributed by atoms with Crippen LogP contribution >= 0.6 is 34.8 Å². The lowest BCUT2D eigenvalue weighted by molar-refractivity contribution is 0.102. The minimum atomic E-state index is -0.231. The number of aromatic nitrogens is 4. The number of nitrogens with zero attached hydrogens (tertiary/aromatic N) is 4. The van der Waals surface area contributed by atoms with E-state index in [1.54, 1.807) is 41.2 Å². The van der Waals surface area contributed by atoms with Gasteiger partial charge in [0.2, 0.25) is 0 Å². The summed E-state index contributed by atoms with van der Waals surface area (Å²) in [5.74, 6) is 0.238. The van der Waals surface area contributed by atoms with Gasteiger partial charge in [-0.2, -0.15) is 10.2 Å². The maximum absolute atomic E-state index is 12.6. The van der Waals surface area contributed by atoms with Crippen LogP contribution in [0.2, 0.25) is 15.1 Å². The molecule has 0 saturated carbocycles. The van der Waals surface area contributed by atoms with Gasteiger partial charge in [0.25, 0.3) is 5.91 Å². The summed E-state index contributed by atoms with van der Waals surface area (Å²) in [6, 6.07) is 14.6. The van der Waals surface area contributed by atoms with E-state index in [0.717, 1.165) is 22.5 Å². The molecule has 1 amide bonds. The molecule has 0 aliphatic rings. The SMILES string of the molecule is Cc1nn(Cc2ccc(C(=O)Nc3ccn(Cc4ccc(Cl)c(Cl)c4)n3)cc2)c(C)c1Cl. The summed E-state index contributed by atoms with van der Waals surface area (Å²) in [6.45, 7) is 4.91. The van der Waals surface area contributed by atoms with Crippen molar-refractivity contribution in [2.75, 3.05) is 5.32 Å². The molecule has 9 heteroatoms. The van der Waals surface area contributed by atoms with Crippen molar-refractivity contribution in [1.82, 2.24) is 19.6 Å². The molecule has 4 aromatic rings. The Morgan fingerprint density at radius 2 is 1.62 bits per heavy atom. The minimum absolute atomic E-state index is 0.231. The molecular formula is C23H20Cl3N5O. The standard InChI is InChI=1S/C23H20Cl3N5O/c1-14-22(26)15(2)31(28-14)13-16-3-6-18(7-4-16)23(32)27-21-9-10-30(29-21)12-17-5-8-19(24)20(25)11-17/h3-11H,12-13H2,1-2H3,(H,27,29,32). The van der Waals surface area contributed by atoms with Crippen molar-refractivity contribution in [3.63, 3.8) is 0 Å². The van der Waals surface area contributed by atoms with E-state index in [-0.39, 0.29) is 5.91 Å². The molecule has 0 unspecified atom stereocenters. The number of benzene rings is 2. The van der Waals surface area contributed by atoms with E-state index >= 15 is 0 Å². The molecule has 0 bridgehead atoms. The van der Waals surface area contributed by atoms with Crippen LogP contribution in [0.3, 0.4) is 0 Å². The van der Waals surface area contributed by atoms with Gasteiger partial charge in [0, 0.05) is 17.8 Å². The average molecular weight is 489 g/mol. The van der Waals surface area contributed by atoms with Gasteiger partial charge in [0.05, 0.1) is 39.5 Å². The van der Waals surface area contributed by atoms with Crippen molar-refractivity contribution in [1.29, 1.82) is 0 Å². The van der Waals surface area contributed by atoms with Gasteiger partial charge < -0.3 is 5.32 Å². The largest absolute Gasteiger partial charge is 0.305 e. The molecule has 6 nitrogen and oxygen atoms in total. The van der Waals surface area contributed by atoms with Crippen molar-refractivity contribution in [3.8, 4) is 0 Å². The second-order valence-electron chi connectivity index (χ2n) is 7.44. The van der Waals surface area contributed by atoms with Crippen molar-refractivity contribution >= 4 is 46.5 Å². The number of aryl methyl sites for hydroxylation is 1. The average Bonchev–Trinajstić information content (AvgIpc) is 3.30. The first-order chi connectivity index (χ1) is 15.3. The predicted molar refractivity (Wildman–Crippen MR) is 128 cm³/mol. The van der Waals surface area contributed by atoms with Gasteiger partial charge in [-0.1, -0.05) is 53.0 Å². The lowest BCUT2D eigenvalue weighted by Crippen LogP contribution is -2.13. The van der Waals surface area contributed by atoms with E-state index in [4.69, 9.17) is 34.8 Å². The fraction of sp³-hybridized carbons (Fsp3) is 0.174. The minimum Gasteiger partial charge on any atom is -0.305 e. The van der Waals surface area contributed by atoms with Gasteiger partial charge in [0.15, 0.2) is 5.82 Å². The Hall–Kier alpha value is -2.80. The third-order valence-corrected chi connectivity index (χ3v) is 6.34. The maximum Gasteiger partial charge on any atom is 0.256 e. The summed E-state index contributed by atoms with van der Waals surface area (Å²) in [5, 5.41) is 13.3. The highest BCUT2D eigenvalue weighted by Crippen LogP contribution is 2.23. The summed E-state index contributed by atoms with van der Waals surface area (Å²) < 4.78 is 3.57. The lowest BCUT2D eigenvalue weighted by Gasteiger charge is -2.07. The van der Waals surface area contributed by atoms with E-state index in [0.29, 0.717) is 39.5 Å². The Morgan fingerprint density at radius 1 is 0.906 bits per heavy atom. The lowest BCUT2D eigenvalue weighted by atomic mass is 10.1. The molecule has 0 aliphatic carbocycles. The van der Waals surface area contributed by atoms with Crippen molar-refractivity contribution < 1.29 is 4.79 Å². The Balaban J connectivity index is 1.38. The molecular weight excluding hydrogens is 469 g/mol. The normalized spacial score (nSPS) is 11.0. The van der Waals surface area contributed by atoms with Crippen molar-refractivity contribution in [2.45, 2.75) is 26.9 Å². The van der Waals surface area contributed by atoms with Gasteiger partial charge in [-0.3, -0.25) is 14.2 Å². The molecule has 0 spiro atoms. The van der Waals surface area contributed by atoms with Crippen molar-refractivity contribution in [3.05, 3.63) is 97.9 Å². The maximum atomic E-state index is 12.6. The molecule has 0 atom stereocenters. The Morgan fingerprint density at radius 3 is 2.28 bits per heavy atom. The zero-order valence-electron chi connectivity index (χ0n) is 17.4. The molecule has 2 aromatic carbocycles. The van der Waals surface area contributed by atoms with Crippen LogP contribution in [0, 0.1) is 13.8 Å². The number of amides is 1. The van der Waals surface area contributed by atoms with Crippen LogP contribution < -0.4 is 5.32 Å². The first kappa shape index (κ1) is 22.4. The first-order valence-corrected chi connectivity index (χ1v) is 11.0. The molecule has 2 aromatic heterocycles. The van der Waals surface area contributed by atoms with Crippen LogP contribution in [0.15, 0.2) is 54.7 Å². The molecule has 0 fully saturated rings. The third-order valence-electron chi connectivity index (χ3n) is 5.05. The highest BCUT2D eigenvalue weighted by atomic mass is 35.5. The Bertz CT molecular complexity index is 1280. The second-order valence-corrected chi connectivity index (χ2v) is 8.63. The first-order valence-electron chi connectivity index (χ1n) is 9.87. The van der Waals surface area contributed by atoms with Crippen LogP contribution in [0.5, 0.6) is 0 Å². The van der Waals surface area contributed by atoms with E-state index in [9.17, 15) is 4.79 Å². The number of nitrogens with one attached hydrogen (secondary N) is 1. The topological polar surface area (TPSA) is 64.7 Å². The zero-order chi connectivity index (χ0) is 22.8. The van der Waals surface area contributed by atoms with Gasteiger partial charge in [0.1, 0.15) is 0 Å². The summed E-state index contributed by atoms with van der Waals surface area (Å²) in [7, 11) is 0. The quantitative estimate of drug-likeness (QED) is 0.362. The van der Waals surface area contributed by atoms with Crippen LogP contribution in [-0.2, 0) is 13.1 Å². The van der Waals surface area contributed by atoms with E-state index < -0.39 is 0 Å². The second kappa shape index (κ2) is 9.36. The fourth-order valence-corrected chi connectivity index (χ4v) is 3.75. The molecule has 32 heavy (non-hydrogen) atoms. The number of halogens is 3. The molecule has 1 N–H and O–H groups in total. The predicted octanol–water partition coefficient (Wildman–Crippen LogP) is 6.01. The summed E-state index contributed by atoms with van der Waals surface area (Å²) in [4.78, 5) is 12.6. The van der Waals surface area contributed by atoms with Crippen LogP contribution in [0.25, 0.3) is 0 Å². The highest BCUT2D eigenvalue weighted by Gasteiger charge is 2.11. The third kappa shape index (κ3) is 4.99. The number of carbonyl (C=O) groups is 1. The van der Waals surface area contributed by atoms with Crippen LogP contribution in [0.1, 0.15) is 32.9 Å². The van der Waals surface area contributed by atoms with E-state index in [1.807, 2.05) is 36.7 Å². The van der Waals surface area contributed by atoms with E-state index in [2.05, 4.69) is 15.5 Å². The molecule has 164 valence electrons. The number of hydrogen-bond acceptors (Lipinski definition) is 3. The Labute approximate surface area is 200 Å². The van der Waals surface area contributed by atoms with Gasteiger partial charge in [-0.05, 0) is 49.2 Å². The molecule has 0 aliphatic heterocycles. The highest BCUT2D eigenvalue weighted by molar-refractivity contribution is 6.42. The van der Waals surface area contributed by atoms with Gasteiger partial charge >= 0.3 is 0 Å². The molecule has 2 heterocycles. The summed E-state index contributed by atoms with van der Waals surface area (Å²) in [6.07, 6.45) is 1.79. The fourth-order valence-electron chi connectivity index (χ4n) is 3.29. The monoisotopic (exact) mass is 487 g/mol. The number of anilines is 1. The number of hydrogen-bond donors (Lipinski definition) is 1. The summed E-state index contributed by atoms with van der Waals surface area (Å²) >= 11 is 18.2. The number of carbonyl (C=O) groups excluding carboxylic acids is 1. The number of rotatable bonds is 6. The summed E-state index contributed by atoms with van der Waals surface area (Å²) in [5.41, 5.74) is 4.25. The molecule has 0 saturated heterocycles.